The number of aromatic nitrogens is 2. The minimum absolute atomic E-state index is 0.0853. The Morgan fingerprint density at radius 2 is 2.04 bits per heavy atom. The standard InChI is InChI=1S/C17H11F3N4O3S/c18-17(19,20)16-22-11-3-1-2-4-12(11)24(16)8-14(26)27-9-13(25)23-15-10(7-21)5-6-28-15/h1-6H,8-9H2,(H,23,25). The molecule has 0 aliphatic carbocycles. The summed E-state index contributed by atoms with van der Waals surface area (Å²) in [5.41, 5.74) is 0.458. The molecule has 1 aromatic carbocycles. The zero-order chi connectivity index (χ0) is 20.3. The lowest BCUT2D eigenvalue weighted by Crippen LogP contribution is -2.24. The minimum atomic E-state index is -4.76. The van der Waals surface area contributed by atoms with E-state index in [1.54, 1.807) is 5.38 Å². The molecule has 0 spiro atoms. The van der Waals surface area contributed by atoms with Crippen LogP contribution in [0.1, 0.15) is 11.4 Å². The lowest BCUT2D eigenvalue weighted by molar-refractivity contribution is -0.152. The number of imidazole rings is 1. The van der Waals surface area contributed by atoms with Crippen LogP contribution in [0.4, 0.5) is 18.2 Å². The number of rotatable bonds is 5. The Labute approximate surface area is 160 Å². The van der Waals surface area contributed by atoms with Crippen LogP contribution >= 0.6 is 11.3 Å². The van der Waals surface area contributed by atoms with Crippen LogP contribution in [0.2, 0.25) is 0 Å². The van der Waals surface area contributed by atoms with Gasteiger partial charge in [-0.3, -0.25) is 9.59 Å². The monoisotopic (exact) mass is 408 g/mol. The fourth-order valence-electron chi connectivity index (χ4n) is 2.43. The number of alkyl halides is 3. The van der Waals surface area contributed by atoms with Crippen molar-refractivity contribution in [1.82, 2.24) is 9.55 Å². The molecule has 0 aliphatic rings. The number of thiophene rings is 1. The van der Waals surface area contributed by atoms with Crippen LogP contribution in [0, 0.1) is 11.3 Å². The number of para-hydroxylation sites is 2. The molecule has 3 rings (SSSR count). The largest absolute Gasteiger partial charge is 0.454 e. The number of nitrogens with one attached hydrogen (secondary N) is 1. The molecule has 2 aromatic heterocycles. The number of carbonyl (C=O) groups excluding carboxylic acids is 2. The SMILES string of the molecule is N#Cc1ccsc1NC(=O)COC(=O)Cn1c(C(F)(F)F)nc2ccccc21. The Kier molecular flexibility index (Phi) is 5.32. The molecule has 3 aromatic rings. The molecule has 0 saturated carbocycles. The Balaban J connectivity index is 1.68. The molecule has 7 nitrogen and oxygen atoms in total. The van der Waals surface area contributed by atoms with E-state index in [0.717, 1.165) is 11.3 Å². The molecule has 0 unspecified atom stereocenters. The number of amides is 1. The summed E-state index contributed by atoms with van der Waals surface area (Å²) in [5, 5.41) is 13.2. The first-order valence-corrected chi connectivity index (χ1v) is 8.63. The van der Waals surface area contributed by atoms with Gasteiger partial charge in [-0.15, -0.1) is 11.3 Å². The smallest absolute Gasteiger partial charge is 0.449 e. The number of fused-ring (bicyclic) bond motifs is 1. The number of hydrogen-bond donors (Lipinski definition) is 1. The van der Waals surface area contributed by atoms with Crippen molar-refractivity contribution in [2.75, 3.05) is 11.9 Å². The molecule has 0 radical (unpaired) electrons. The predicted octanol–water partition coefficient (Wildman–Crippen LogP) is 3.17. The van der Waals surface area contributed by atoms with Gasteiger partial charge in [-0.2, -0.15) is 18.4 Å². The van der Waals surface area contributed by atoms with Crippen LogP contribution in [-0.2, 0) is 27.0 Å². The van der Waals surface area contributed by atoms with Crippen LogP contribution in [0.15, 0.2) is 35.7 Å². The maximum Gasteiger partial charge on any atom is 0.449 e. The summed E-state index contributed by atoms with van der Waals surface area (Å²) in [7, 11) is 0. The van der Waals surface area contributed by atoms with Crippen LogP contribution in [0.3, 0.4) is 0 Å². The zero-order valence-corrected chi connectivity index (χ0v) is 14.8. The summed E-state index contributed by atoms with van der Waals surface area (Å²) < 4.78 is 45.1. The topological polar surface area (TPSA) is 97.0 Å². The zero-order valence-electron chi connectivity index (χ0n) is 14.0. The molecule has 0 atom stereocenters. The van der Waals surface area contributed by atoms with E-state index in [9.17, 15) is 22.8 Å². The van der Waals surface area contributed by atoms with Gasteiger partial charge in [0.15, 0.2) is 6.61 Å². The number of anilines is 1. The average Bonchev–Trinajstić information content (AvgIpc) is 3.24. The van der Waals surface area contributed by atoms with Crippen molar-refractivity contribution in [2.24, 2.45) is 0 Å². The second kappa shape index (κ2) is 7.69. The molecule has 1 amide bonds. The van der Waals surface area contributed by atoms with Crippen molar-refractivity contribution in [2.45, 2.75) is 12.7 Å². The molecule has 144 valence electrons. The minimum Gasteiger partial charge on any atom is -0.454 e. The molecule has 0 bridgehead atoms. The van der Waals surface area contributed by atoms with Gasteiger partial charge < -0.3 is 14.6 Å². The van der Waals surface area contributed by atoms with Gasteiger partial charge in [0, 0.05) is 0 Å². The Bertz CT molecular complexity index is 1080. The normalized spacial score (nSPS) is 11.2. The van der Waals surface area contributed by atoms with Crippen molar-refractivity contribution in [3.63, 3.8) is 0 Å². The first-order valence-electron chi connectivity index (χ1n) is 7.75. The third kappa shape index (κ3) is 4.12. The van der Waals surface area contributed by atoms with E-state index in [4.69, 9.17) is 10.00 Å². The maximum atomic E-state index is 13.2. The number of nitrogens with zero attached hydrogens (tertiary/aromatic N) is 3. The maximum absolute atomic E-state index is 13.2. The summed E-state index contributed by atoms with van der Waals surface area (Å²) in [6, 6.07) is 9.24. The quantitative estimate of drug-likeness (QED) is 0.654. The molecule has 0 saturated heterocycles. The predicted molar refractivity (Wildman–Crippen MR) is 93.4 cm³/mol. The number of carbonyl (C=O) groups is 2. The van der Waals surface area contributed by atoms with Gasteiger partial charge in [-0.05, 0) is 23.6 Å². The van der Waals surface area contributed by atoms with Crippen molar-refractivity contribution in [3.8, 4) is 6.07 Å². The van der Waals surface area contributed by atoms with E-state index in [-0.39, 0.29) is 16.6 Å². The number of benzene rings is 1. The average molecular weight is 408 g/mol. The molecule has 0 fully saturated rings. The highest BCUT2D eigenvalue weighted by molar-refractivity contribution is 7.14. The summed E-state index contributed by atoms with van der Waals surface area (Å²) in [5.74, 6) is -2.97. The number of nitriles is 1. The van der Waals surface area contributed by atoms with E-state index < -0.39 is 37.0 Å². The van der Waals surface area contributed by atoms with Crippen LogP contribution in [0.5, 0.6) is 0 Å². The molecule has 11 heteroatoms. The number of esters is 1. The van der Waals surface area contributed by atoms with Gasteiger partial charge in [-0.25, -0.2) is 4.98 Å². The van der Waals surface area contributed by atoms with Gasteiger partial charge >= 0.3 is 12.1 Å². The molecule has 1 N–H and O–H groups in total. The van der Waals surface area contributed by atoms with Crippen LogP contribution in [-0.4, -0.2) is 28.0 Å². The Hall–Kier alpha value is -3.39. The summed E-state index contributed by atoms with van der Waals surface area (Å²) in [4.78, 5) is 27.4. The van der Waals surface area contributed by atoms with E-state index in [0.29, 0.717) is 9.57 Å². The molecule has 2 heterocycles. The molecule has 0 aliphatic heterocycles. The fraction of sp³-hybridized carbons (Fsp3) is 0.176. The number of halogens is 3. The van der Waals surface area contributed by atoms with Crippen LogP contribution in [0.25, 0.3) is 11.0 Å². The summed E-state index contributed by atoms with van der Waals surface area (Å²) in [6.07, 6.45) is -4.76. The third-order valence-electron chi connectivity index (χ3n) is 3.60. The summed E-state index contributed by atoms with van der Waals surface area (Å²) in [6.45, 7) is -1.46. The van der Waals surface area contributed by atoms with Gasteiger partial charge in [0.1, 0.15) is 17.6 Å². The van der Waals surface area contributed by atoms with Gasteiger partial charge in [0.05, 0.1) is 16.6 Å². The molecular formula is C17H11F3N4O3S. The number of hydrogen-bond acceptors (Lipinski definition) is 6. The highest BCUT2D eigenvalue weighted by Gasteiger charge is 2.38. The number of ether oxygens (including phenoxy) is 1. The van der Waals surface area contributed by atoms with Crippen molar-refractivity contribution >= 4 is 39.2 Å². The first kappa shape index (κ1) is 19.4. The van der Waals surface area contributed by atoms with Crippen molar-refractivity contribution < 1.29 is 27.5 Å². The van der Waals surface area contributed by atoms with E-state index in [1.165, 1.54) is 30.3 Å². The fourth-order valence-corrected chi connectivity index (χ4v) is 3.18. The van der Waals surface area contributed by atoms with Crippen molar-refractivity contribution in [1.29, 1.82) is 5.26 Å². The van der Waals surface area contributed by atoms with Crippen LogP contribution < -0.4 is 5.32 Å². The highest BCUT2D eigenvalue weighted by Crippen LogP contribution is 2.31. The molecular weight excluding hydrogens is 397 g/mol. The van der Waals surface area contributed by atoms with Gasteiger partial charge in [-0.1, -0.05) is 12.1 Å². The highest BCUT2D eigenvalue weighted by atomic mass is 32.1. The lowest BCUT2D eigenvalue weighted by atomic mass is 10.3. The Morgan fingerprint density at radius 3 is 2.75 bits per heavy atom. The van der Waals surface area contributed by atoms with E-state index in [2.05, 4.69) is 10.3 Å². The first-order chi connectivity index (χ1) is 13.3. The van der Waals surface area contributed by atoms with Gasteiger partial charge in [0.2, 0.25) is 5.82 Å². The van der Waals surface area contributed by atoms with E-state index >= 15 is 0 Å². The Morgan fingerprint density at radius 1 is 1.29 bits per heavy atom. The third-order valence-corrected chi connectivity index (χ3v) is 4.43. The second-order valence-electron chi connectivity index (χ2n) is 5.49. The lowest BCUT2D eigenvalue weighted by Gasteiger charge is -2.11. The molecule has 28 heavy (non-hydrogen) atoms. The van der Waals surface area contributed by atoms with Gasteiger partial charge in [0.25, 0.3) is 5.91 Å². The summed E-state index contributed by atoms with van der Waals surface area (Å²) >= 11 is 1.11. The van der Waals surface area contributed by atoms with E-state index in [1.807, 2.05) is 6.07 Å². The second-order valence-corrected chi connectivity index (χ2v) is 6.41. The van der Waals surface area contributed by atoms with Crippen molar-refractivity contribution in [3.05, 3.63) is 47.1 Å².